The minimum Gasteiger partial charge on any atom is -0.451 e. The first-order chi connectivity index (χ1) is 13.2. The van der Waals surface area contributed by atoms with Gasteiger partial charge in [-0.05, 0) is 44.0 Å². The predicted molar refractivity (Wildman–Crippen MR) is 95.2 cm³/mol. The van der Waals surface area contributed by atoms with Gasteiger partial charge in [0.05, 0.1) is 5.56 Å². The summed E-state index contributed by atoms with van der Waals surface area (Å²) in [6.45, 7) is 0.994. The Kier molecular flexibility index (Phi) is 7.42. The van der Waals surface area contributed by atoms with Crippen LogP contribution >= 0.6 is 0 Å². The van der Waals surface area contributed by atoms with Gasteiger partial charge in [0.15, 0.2) is 6.10 Å². The van der Waals surface area contributed by atoms with E-state index >= 15 is 0 Å². The van der Waals surface area contributed by atoms with E-state index < -0.39 is 29.7 Å². The summed E-state index contributed by atoms with van der Waals surface area (Å²) in [6, 6.07) is 3.90. The number of halogens is 3. The highest BCUT2D eigenvalue weighted by Crippen LogP contribution is 2.29. The number of carbonyl (C=O) groups excluding carboxylic acids is 3. The minimum absolute atomic E-state index is 0.0954. The molecule has 1 aromatic rings. The van der Waals surface area contributed by atoms with Crippen molar-refractivity contribution in [2.24, 2.45) is 5.92 Å². The Morgan fingerprint density at radius 3 is 2.29 bits per heavy atom. The molecule has 1 fully saturated rings. The third-order valence-corrected chi connectivity index (χ3v) is 4.54. The number of amides is 2. The van der Waals surface area contributed by atoms with Crippen LogP contribution in [0.15, 0.2) is 24.3 Å². The maximum absolute atomic E-state index is 12.5. The molecule has 0 bridgehead atoms. The summed E-state index contributed by atoms with van der Waals surface area (Å²) in [5, 5.41) is 4.89. The van der Waals surface area contributed by atoms with E-state index in [0.29, 0.717) is 0 Å². The summed E-state index contributed by atoms with van der Waals surface area (Å²) in [6.07, 6.45) is -0.945. The number of benzene rings is 1. The lowest BCUT2D eigenvalue weighted by atomic mass is 9.89. The topological polar surface area (TPSA) is 84.5 Å². The first-order valence-electron chi connectivity index (χ1n) is 9.12. The lowest BCUT2D eigenvalue weighted by Gasteiger charge is -2.20. The highest BCUT2D eigenvalue weighted by atomic mass is 19.4. The fourth-order valence-electron chi connectivity index (χ4n) is 2.95. The average Bonchev–Trinajstić information content (AvgIpc) is 2.66. The molecule has 2 amide bonds. The Bertz CT molecular complexity index is 698. The van der Waals surface area contributed by atoms with E-state index in [-0.39, 0.29) is 24.1 Å². The first-order valence-corrected chi connectivity index (χ1v) is 9.12. The maximum Gasteiger partial charge on any atom is 0.416 e. The van der Waals surface area contributed by atoms with E-state index in [2.05, 4.69) is 10.6 Å². The van der Waals surface area contributed by atoms with Crippen LogP contribution in [0.1, 0.15) is 44.6 Å². The smallest absolute Gasteiger partial charge is 0.416 e. The summed E-state index contributed by atoms with van der Waals surface area (Å²) in [4.78, 5) is 35.8. The fraction of sp³-hybridized carbons (Fsp3) is 0.526. The molecule has 1 saturated carbocycles. The van der Waals surface area contributed by atoms with Gasteiger partial charge in [0.2, 0.25) is 5.91 Å². The molecule has 0 aliphatic heterocycles. The molecule has 0 saturated heterocycles. The third-order valence-electron chi connectivity index (χ3n) is 4.54. The molecule has 154 valence electrons. The monoisotopic (exact) mass is 400 g/mol. The number of hydrogen-bond donors (Lipinski definition) is 2. The van der Waals surface area contributed by atoms with E-state index in [4.69, 9.17) is 4.74 Å². The summed E-state index contributed by atoms with van der Waals surface area (Å²) in [5.41, 5.74) is -0.690. The van der Waals surface area contributed by atoms with Crippen molar-refractivity contribution >= 4 is 23.5 Å². The number of hydrogen-bond acceptors (Lipinski definition) is 4. The molecule has 0 spiro atoms. The van der Waals surface area contributed by atoms with Crippen LogP contribution in [-0.2, 0) is 25.3 Å². The second kappa shape index (κ2) is 9.57. The van der Waals surface area contributed by atoms with Crippen molar-refractivity contribution in [2.75, 3.05) is 11.9 Å². The van der Waals surface area contributed by atoms with Crippen molar-refractivity contribution in [2.45, 2.75) is 51.3 Å². The number of anilines is 1. The fourth-order valence-corrected chi connectivity index (χ4v) is 2.95. The van der Waals surface area contributed by atoms with E-state index in [1.807, 2.05) is 0 Å². The first kappa shape index (κ1) is 21.7. The Hall–Kier alpha value is -2.58. The lowest BCUT2D eigenvalue weighted by molar-refractivity contribution is -0.153. The molecular formula is C19H23F3N2O4. The lowest BCUT2D eigenvalue weighted by Crippen LogP contribution is -2.38. The summed E-state index contributed by atoms with van der Waals surface area (Å²) < 4.78 is 42.5. The van der Waals surface area contributed by atoms with Crippen LogP contribution in [0.4, 0.5) is 18.9 Å². The third kappa shape index (κ3) is 6.54. The van der Waals surface area contributed by atoms with Gasteiger partial charge in [0, 0.05) is 11.6 Å². The Labute approximate surface area is 160 Å². The van der Waals surface area contributed by atoms with Crippen LogP contribution < -0.4 is 10.6 Å². The van der Waals surface area contributed by atoms with Gasteiger partial charge in [-0.15, -0.1) is 0 Å². The molecule has 0 unspecified atom stereocenters. The predicted octanol–water partition coefficient (Wildman–Crippen LogP) is 3.27. The molecule has 1 aliphatic carbocycles. The quantitative estimate of drug-likeness (QED) is 0.718. The molecule has 28 heavy (non-hydrogen) atoms. The van der Waals surface area contributed by atoms with E-state index in [1.165, 1.54) is 6.92 Å². The molecule has 1 atom stereocenters. The van der Waals surface area contributed by atoms with Gasteiger partial charge < -0.3 is 15.4 Å². The highest BCUT2D eigenvalue weighted by Gasteiger charge is 2.30. The number of esters is 1. The normalized spacial score (nSPS) is 16.1. The van der Waals surface area contributed by atoms with E-state index in [9.17, 15) is 27.6 Å². The molecule has 0 radical (unpaired) electrons. The molecule has 0 aromatic heterocycles. The molecular weight excluding hydrogens is 377 g/mol. The largest absolute Gasteiger partial charge is 0.451 e. The number of carbonyl (C=O) groups is 3. The Morgan fingerprint density at radius 2 is 1.71 bits per heavy atom. The zero-order valence-electron chi connectivity index (χ0n) is 15.5. The van der Waals surface area contributed by atoms with E-state index in [1.54, 1.807) is 0 Å². The number of ether oxygens (including phenoxy) is 1. The van der Waals surface area contributed by atoms with Gasteiger partial charge in [-0.1, -0.05) is 19.3 Å². The van der Waals surface area contributed by atoms with Crippen molar-refractivity contribution < 1.29 is 32.3 Å². The summed E-state index contributed by atoms with van der Waals surface area (Å²) >= 11 is 0. The second-order valence-corrected chi connectivity index (χ2v) is 6.75. The van der Waals surface area contributed by atoms with Gasteiger partial charge >= 0.3 is 12.1 Å². The van der Waals surface area contributed by atoms with Crippen molar-refractivity contribution in [3.8, 4) is 0 Å². The van der Waals surface area contributed by atoms with Crippen LogP contribution in [0.5, 0.6) is 0 Å². The zero-order valence-corrected chi connectivity index (χ0v) is 15.5. The van der Waals surface area contributed by atoms with Crippen molar-refractivity contribution in [1.82, 2.24) is 5.32 Å². The van der Waals surface area contributed by atoms with Crippen LogP contribution in [0.2, 0.25) is 0 Å². The van der Waals surface area contributed by atoms with Crippen LogP contribution in [0.3, 0.4) is 0 Å². The van der Waals surface area contributed by atoms with E-state index in [0.717, 1.165) is 56.4 Å². The maximum atomic E-state index is 12.5. The van der Waals surface area contributed by atoms with Gasteiger partial charge in [-0.25, -0.2) is 0 Å². The molecule has 9 heteroatoms. The molecule has 2 N–H and O–H groups in total. The van der Waals surface area contributed by atoms with Crippen molar-refractivity contribution in [3.63, 3.8) is 0 Å². The van der Waals surface area contributed by atoms with Gasteiger partial charge in [-0.3, -0.25) is 14.4 Å². The van der Waals surface area contributed by atoms with Gasteiger partial charge in [0.25, 0.3) is 5.91 Å². The summed E-state index contributed by atoms with van der Waals surface area (Å²) in [5.74, 6) is -1.74. The zero-order chi connectivity index (χ0) is 20.7. The Morgan fingerprint density at radius 1 is 1.11 bits per heavy atom. The van der Waals surface area contributed by atoms with Crippen LogP contribution in [-0.4, -0.2) is 30.4 Å². The molecule has 1 aromatic carbocycles. The molecule has 2 rings (SSSR count). The van der Waals surface area contributed by atoms with Crippen molar-refractivity contribution in [1.29, 1.82) is 0 Å². The SMILES string of the molecule is C[C@H](OC(=O)CNC(=O)C1CCCCC1)C(=O)Nc1ccc(C(F)(F)F)cc1. The number of nitrogens with one attached hydrogen (secondary N) is 2. The summed E-state index contributed by atoms with van der Waals surface area (Å²) in [7, 11) is 0. The van der Waals surface area contributed by atoms with Crippen LogP contribution in [0.25, 0.3) is 0 Å². The number of rotatable bonds is 6. The van der Waals surface area contributed by atoms with Gasteiger partial charge in [0.1, 0.15) is 6.54 Å². The Balaban J connectivity index is 1.76. The van der Waals surface area contributed by atoms with Crippen LogP contribution in [0, 0.1) is 5.92 Å². The molecule has 1 aliphatic rings. The molecule has 6 nitrogen and oxygen atoms in total. The van der Waals surface area contributed by atoms with Gasteiger partial charge in [-0.2, -0.15) is 13.2 Å². The average molecular weight is 400 g/mol. The number of alkyl halides is 3. The van der Waals surface area contributed by atoms with Crippen molar-refractivity contribution in [3.05, 3.63) is 29.8 Å². The molecule has 0 heterocycles. The standard InChI is InChI=1S/C19H23F3N2O4/c1-12(17(26)24-15-9-7-14(8-10-15)19(20,21)22)28-16(25)11-23-18(27)13-5-3-2-4-6-13/h7-10,12-13H,2-6,11H2,1H3,(H,23,27)(H,24,26)/t12-/m0/s1. The highest BCUT2D eigenvalue weighted by molar-refractivity contribution is 5.95. The minimum atomic E-state index is -4.46. The second-order valence-electron chi connectivity index (χ2n) is 6.75.